The Morgan fingerprint density at radius 1 is 1.69 bits per heavy atom. The molecule has 1 fully saturated rings. The fourth-order valence-corrected chi connectivity index (χ4v) is 1.37. The lowest BCUT2D eigenvalue weighted by Crippen LogP contribution is -2.39. The lowest BCUT2D eigenvalue weighted by molar-refractivity contribution is 0.0222. The zero-order valence-corrected chi connectivity index (χ0v) is 9.53. The first-order valence-electron chi connectivity index (χ1n) is 4.93. The summed E-state index contributed by atoms with van der Waals surface area (Å²) < 4.78 is 18.3. The summed E-state index contributed by atoms with van der Waals surface area (Å²) in [6, 6.07) is 1.47. The number of hydrogen-bond donors (Lipinski definition) is 1. The van der Waals surface area contributed by atoms with Crippen LogP contribution in [0.25, 0.3) is 0 Å². The van der Waals surface area contributed by atoms with Gasteiger partial charge >= 0.3 is 6.09 Å². The van der Waals surface area contributed by atoms with Gasteiger partial charge in [-0.2, -0.15) is 5.26 Å². The van der Waals surface area contributed by atoms with Crippen LogP contribution in [-0.2, 0) is 4.74 Å². The molecule has 0 bridgehead atoms. The molecule has 0 aromatic heterocycles. The van der Waals surface area contributed by atoms with Gasteiger partial charge in [0.25, 0.3) is 0 Å². The van der Waals surface area contributed by atoms with Crippen molar-refractivity contribution in [3.8, 4) is 6.07 Å². The zero-order valence-electron chi connectivity index (χ0n) is 9.53. The summed E-state index contributed by atoms with van der Waals surface area (Å²) in [5.41, 5.74) is -2.80. The van der Waals surface area contributed by atoms with Crippen LogP contribution in [0.3, 0.4) is 0 Å². The molecule has 1 saturated heterocycles. The van der Waals surface area contributed by atoms with Crippen LogP contribution in [0.1, 0.15) is 20.8 Å². The number of aliphatic hydroxyl groups is 1. The molecule has 2 atom stereocenters. The van der Waals surface area contributed by atoms with Gasteiger partial charge in [0, 0.05) is 0 Å². The average molecular weight is 230 g/mol. The molecule has 0 saturated carbocycles. The van der Waals surface area contributed by atoms with E-state index in [1.807, 2.05) is 0 Å². The lowest BCUT2D eigenvalue weighted by atomic mass is 10.0. The van der Waals surface area contributed by atoms with Crippen molar-refractivity contribution in [2.45, 2.75) is 38.1 Å². The summed E-state index contributed by atoms with van der Waals surface area (Å²) in [5.74, 6) is 0. The molecule has 1 aliphatic rings. The molecule has 6 heteroatoms. The Kier molecular flexibility index (Phi) is 3.10. The van der Waals surface area contributed by atoms with Gasteiger partial charge in [-0.05, 0) is 20.8 Å². The number of halogens is 1. The van der Waals surface area contributed by atoms with Gasteiger partial charge in [-0.15, -0.1) is 0 Å². The first-order chi connectivity index (χ1) is 7.18. The second kappa shape index (κ2) is 3.91. The first kappa shape index (κ1) is 12.7. The van der Waals surface area contributed by atoms with Crippen molar-refractivity contribution in [1.29, 1.82) is 5.26 Å². The molecule has 1 heterocycles. The number of hydrogen-bond acceptors (Lipinski definition) is 4. The van der Waals surface area contributed by atoms with Gasteiger partial charge in [0.2, 0.25) is 5.60 Å². The van der Waals surface area contributed by atoms with E-state index in [0.29, 0.717) is 0 Å². The second-order valence-corrected chi connectivity index (χ2v) is 4.86. The van der Waals surface area contributed by atoms with Gasteiger partial charge in [0.1, 0.15) is 11.7 Å². The van der Waals surface area contributed by atoms with Gasteiger partial charge < -0.3 is 14.7 Å². The minimum atomic E-state index is -2.11. The van der Waals surface area contributed by atoms with Crippen LogP contribution in [0.15, 0.2) is 0 Å². The van der Waals surface area contributed by atoms with E-state index in [0.717, 1.165) is 4.90 Å². The Hall–Kier alpha value is -1.35. The number of carbonyl (C=O) groups excluding carboxylic acids is 1. The van der Waals surface area contributed by atoms with Crippen molar-refractivity contribution in [3.63, 3.8) is 0 Å². The van der Waals surface area contributed by atoms with Gasteiger partial charge in [-0.25, -0.2) is 9.18 Å². The largest absolute Gasteiger partial charge is 0.444 e. The zero-order chi connectivity index (χ0) is 12.6. The van der Waals surface area contributed by atoms with Crippen LogP contribution in [-0.4, -0.2) is 46.6 Å². The molecule has 2 unspecified atom stereocenters. The Morgan fingerprint density at radius 2 is 2.25 bits per heavy atom. The number of carbonyl (C=O) groups is 1. The van der Waals surface area contributed by atoms with Gasteiger partial charge in [-0.3, -0.25) is 0 Å². The van der Waals surface area contributed by atoms with Crippen molar-refractivity contribution in [1.82, 2.24) is 4.90 Å². The number of nitriles is 1. The number of β-amino-alcohol motifs (C(OH)–C–C–N with tert-alkyl or cyclic N) is 1. The molecule has 16 heavy (non-hydrogen) atoms. The molecular weight excluding hydrogens is 215 g/mol. The quantitative estimate of drug-likeness (QED) is 0.625. The van der Waals surface area contributed by atoms with Crippen molar-refractivity contribution in [3.05, 3.63) is 0 Å². The van der Waals surface area contributed by atoms with E-state index in [9.17, 15) is 14.3 Å². The van der Waals surface area contributed by atoms with Gasteiger partial charge in [-0.1, -0.05) is 0 Å². The SMILES string of the molecule is CC(C)(C)OC(=O)N1CC(F)C(O)(C#N)C1. The Labute approximate surface area is 93.4 Å². The highest BCUT2D eigenvalue weighted by molar-refractivity contribution is 5.69. The minimum Gasteiger partial charge on any atom is -0.444 e. The van der Waals surface area contributed by atoms with Crippen molar-refractivity contribution in [2.24, 2.45) is 0 Å². The number of rotatable bonds is 0. The first-order valence-corrected chi connectivity index (χ1v) is 4.93. The summed E-state index contributed by atoms with van der Waals surface area (Å²) in [6.07, 6.45) is -2.48. The van der Waals surface area contributed by atoms with E-state index in [-0.39, 0.29) is 13.1 Å². The molecule has 0 radical (unpaired) electrons. The molecule has 1 N–H and O–H groups in total. The monoisotopic (exact) mass is 230 g/mol. The van der Waals surface area contributed by atoms with Crippen molar-refractivity contribution >= 4 is 6.09 Å². The van der Waals surface area contributed by atoms with E-state index >= 15 is 0 Å². The van der Waals surface area contributed by atoms with Crippen molar-refractivity contribution in [2.75, 3.05) is 13.1 Å². The van der Waals surface area contributed by atoms with Gasteiger partial charge in [0.15, 0.2) is 6.17 Å². The highest BCUT2D eigenvalue weighted by Gasteiger charge is 2.49. The maximum Gasteiger partial charge on any atom is 0.410 e. The van der Waals surface area contributed by atoms with Crippen LogP contribution >= 0.6 is 0 Å². The highest BCUT2D eigenvalue weighted by atomic mass is 19.1. The standard InChI is InChI=1S/C10H15FN2O3/c1-9(2,3)16-8(14)13-4-7(11)10(15,5-12)6-13/h7,15H,4,6H2,1-3H3. The topological polar surface area (TPSA) is 73.6 Å². The van der Waals surface area contributed by atoms with Crippen LogP contribution in [0.2, 0.25) is 0 Å². The molecule has 1 aliphatic heterocycles. The van der Waals surface area contributed by atoms with Crippen LogP contribution < -0.4 is 0 Å². The molecule has 0 aromatic carbocycles. The maximum atomic E-state index is 13.3. The fourth-order valence-electron chi connectivity index (χ4n) is 1.37. The summed E-state index contributed by atoms with van der Waals surface area (Å²) in [6.45, 7) is 4.37. The van der Waals surface area contributed by atoms with E-state index in [4.69, 9.17) is 10.00 Å². The summed E-state index contributed by atoms with van der Waals surface area (Å²) in [5, 5.41) is 18.1. The molecule has 1 rings (SSSR count). The van der Waals surface area contributed by atoms with E-state index in [2.05, 4.69) is 0 Å². The predicted octanol–water partition coefficient (Wildman–Crippen LogP) is 0.830. The van der Waals surface area contributed by atoms with Crippen LogP contribution in [0.5, 0.6) is 0 Å². The Balaban J connectivity index is 2.67. The van der Waals surface area contributed by atoms with Gasteiger partial charge in [0.05, 0.1) is 13.1 Å². The van der Waals surface area contributed by atoms with Crippen LogP contribution in [0.4, 0.5) is 9.18 Å². The molecule has 5 nitrogen and oxygen atoms in total. The number of amides is 1. The smallest absolute Gasteiger partial charge is 0.410 e. The molecule has 0 aliphatic carbocycles. The average Bonchev–Trinajstić information content (AvgIpc) is 2.41. The summed E-state index contributed by atoms with van der Waals surface area (Å²) in [4.78, 5) is 12.5. The third-order valence-electron chi connectivity index (χ3n) is 2.18. The molecule has 0 aromatic rings. The third-order valence-corrected chi connectivity index (χ3v) is 2.18. The van der Waals surface area contributed by atoms with Crippen LogP contribution in [0, 0.1) is 11.3 Å². The predicted molar refractivity (Wildman–Crippen MR) is 53.3 cm³/mol. The van der Waals surface area contributed by atoms with E-state index in [1.165, 1.54) is 6.07 Å². The molecule has 1 amide bonds. The van der Waals surface area contributed by atoms with Crippen molar-refractivity contribution < 1.29 is 19.0 Å². The maximum absolute atomic E-state index is 13.3. The van der Waals surface area contributed by atoms with E-state index < -0.39 is 23.5 Å². The van der Waals surface area contributed by atoms with E-state index in [1.54, 1.807) is 20.8 Å². The minimum absolute atomic E-state index is 0.320. The number of likely N-dealkylation sites (tertiary alicyclic amines) is 1. The molecule has 0 spiro atoms. The summed E-state index contributed by atoms with van der Waals surface area (Å²) >= 11 is 0. The Morgan fingerprint density at radius 3 is 2.62 bits per heavy atom. The number of alkyl halides is 1. The molecule has 90 valence electrons. The lowest BCUT2D eigenvalue weighted by Gasteiger charge is -2.24. The number of nitrogens with zero attached hydrogens (tertiary/aromatic N) is 2. The molecular formula is C10H15FN2O3. The Bertz CT molecular complexity index is 334. The summed E-state index contributed by atoms with van der Waals surface area (Å²) in [7, 11) is 0. The third kappa shape index (κ3) is 2.61. The normalized spacial score (nSPS) is 30.0. The fraction of sp³-hybridized carbons (Fsp3) is 0.800. The number of ether oxygens (including phenoxy) is 1. The highest BCUT2D eigenvalue weighted by Crippen LogP contribution is 2.25. The second-order valence-electron chi connectivity index (χ2n) is 4.86.